The minimum absolute atomic E-state index is 0.274. The number of nitrogens with zero attached hydrogens (tertiary/aromatic N) is 1. The van der Waals surface area contributed by atoms with Crippen LogP contribution in [0.4, 0.5) is 4.39 Å². The quantitative estimate of drug-likeness (QED) is 0.662. The topological polar surface area (TPSA) is 79.7 Å². The van der Waals surface area contributed by atoms with Crippen molar-refractivity contribution in [3.05, 3.63) is 59.9 Å². The van der Waals surface area contributed by atoms with E-state index in [-0.39, 0.29) is 11.5 Å². The molecule has 0 unspecified atom stereocenters. The summed E-state index contributed by atoms with van der Waals surface area (Å²) in [5, 5.41) is 17.6. The van der Waals surface area contributed by atoms with Crippen LogP contribution in [0.2, 0.25) is 0 Å². The molecule has 0 radical (unpaired) electrons. The molecule has 102 valence electrons. The fourth-order valence-electron chi connectivity index (χ4n) is 1.38. The van der Waals surface area contributed by atoms with Crippen molar-refractivity contribution in [2.45, 2.75) is 0 Å². The van der Waals surface area contributed by atoms with E-state index in [1.807, 2.05) is 0 Å². The first-order valence-electron chi connectivity index (χ1n) is 5.58. The van der Waals surface area contributed by atoms with Crippen molar-refractivity contribution in [3.63, 3.8) is 0 Å². The van der Waals surface area contributed by atoms with Crippen molar-refractivity contribution in [1.82, 2.24) is 4.98 Å². The number of carboxylic acid groups (broad SMARTS) is 1. The van der Waals surface area contributed by atoms with Crippen LogP contribution in [-0.2, 0) is 4.79 Å². The number of hydrogen-bond acceptors (Lipinski definition) is 4. The predicted octanol–water partition coefficient (Wildman–Crippen LogP) is 3.00. The molecular weight excluding hydrogens is 265 g/mol. The van der Waals surface area contributed by atoms with Crippen LogP contribution in [0.25, 0.3) is 6.08 Å². The van der Waals surface area contributed by atoms with Crippen molar-refractivity contribution in [2.75, 3.05) is 0 Å². The van der Waals surface area contributed by atoms with E-state index in [1.54, 1.807) is 6.07 Å². The van der Waals surface area contributed by atoms with Gasteiger partial charge in [-0.25, -0.2) is 9.18 Å². The van der Waals surface area contributed by atoms with Crippen molar-refractivity contribution in [2.24, 2.45) is 0 Å². The summed E-state index contributed by atoms with van der Waals surface area (Å²) in [6.07, 6.45) is 2.38. The summed E-state index contributed by atoms with van der Waals surface area (Å²) in [6, 6.07) is 8.52. The molecule has 0 atom stereocenters. The minimum Gasteiger partial charge on any atom is -0.502 e. The maximum Gasteiger partial charge on any atom is 0.371 e. The number of carbonyl (C=O) groups is 1. The Kier molecular flexibility index (Phi) is 3.95. The van der Waals surface area contributed by atoms with Gasteiger partial charge in [0.2, 0.25) is 5.76 Å². The second kappa shape index (κ2) is 5.83. The zero-order chi connectivity index (χ0) is 14.5. The highest BCUT2D eigenvalue weighted by molar-refractivity contribution is 5.88. The molecule has 0 saturated heterocycles. The number of aromatic nitrogens is 1. The highest BCUT2D eigenvalue weighted by Gasteiger charge is 2.04. The first-order chi connectivity index (χ1) is 9.54. The van der Waals surface area contributed by atoms with E-state index in [2.05, 4.69) is 4.98 Å². The van der Waals surface area contributed by atoms with Crippen LogP contribution in [-0.4, -0.2) is 21.2 Å². The summed E-state index contributed by atoms with van der Waals surface area (Å²) >= 11 is 0. The maximum atomic E-state index is 12.7. The van der Waals surface area contributed by atoms with Gasteiger partial charge in [0, 0.05) is 6.08 Å². The molecule has 2 rings (SSSR count). The molecule has 0 aliphatic rings. The number of aliphatic hydroxyl groups is 1. The van der Waals surface area contributed by atoms with Gasteiger partial charge in [-0.15, -0.1) is 0 Å². The summed E-state index contributed by atoms with van der Waals surface area (Å²) in [5.74, 6) is -1.74. The molecule has 2 N–H and O–H groups in total. The fourth-order valence-corrected chi connectivity index (χ4v) is 1.38. The van der Waals surface area contributed by atoms with Crippen LogP contribution in [0, 0.1) is 5.82 Å². The molecule has 1 heterocycles. The second-order valence-electron chi connectivity index (χ2n) is 3.81. The number of aliphatic hydroxyl groups excluding tert-OH is 1. The lowest BCUT2D eigenvalue weighted by Gasteiger charge is -2.05. The van der Waals surface area contributed by atoms with Gasteiger partial charge < -0.3 is 14.9 Å². The molecule has 0 amide bonds. The van der Waals surface area contributed by atoms with Crippen molar-refractivity contribution in [1.29, 1.82) is 0 Å². The van der Waals surface area contributed by atoms with E-state index in [4.69, 9.17) is 14.9 Å². The Morgan fingerprint density at radius 1 is 1.10 bits per heavy atom. The minimum atomic E-state index is -1.43. The number of pyridine rings is 1. The predicted molar refractivity (Wildman–Crippen MR) is 69.0 cm³/mol. The number of hydrogen-bond donors (Lipinski definition) is 2. The van der Waals surface area contributed by atoms with E-state index in [1.165, 1.54) is 36.5 Å². The van der Waals surface area contributed by atoms with E-state index in [9.17, 15) is 9.18 Å². The van der Waals surface area contributed by atoms with Gasteiger partial charge >= 0.3 is 5.97 Å². The number of carboxylic acids is 1. The summed E-state index contributed by atoms with van der Waals surface area (Å²) in [6.45, 7) is 0. The Bertz CT molecular complexity index is 635. The van der Waals surface area contributed by atoms with Crippen molar-refractivity contribution in [3.8, 4) is 11.5 Å². The number of ether oxygens (including phenoxy) is 1. The highest BCUT2D eigenvalue weighted by Crippen LogP contribution is 2.21. The van der Waals surface area contributed by atoms with E-state index in [0.29, 0.717) is 11.5 Å². The number of aliphatic carboxylic acids is 1. The second-order valence-corrected chi connectivity index (χ2v) is 3.81. The number of halogens is 1. The average molecular weight is 275 g/mol. The molecule has 1 aromatic heterocycles. The van der Waals surface area contributed by atoms with Gasteiger partial charge in [-0.2, -0.15) is 0 Å². The lowest BCUT2D eigenvalue weighted by Crippen LogP contribution is -1.98. The molecule has 5 nitrogen and oxygen atoms in total. The Balaban J connectivity index is 2.10. The fraction of sp³-hybridized carbons (Fsp3) is 0. The smallest absolute Gasteiger partial charge is 0.371 e. The van der Waals surface area contributed by atoms with E-state index in [0.717, 1.165) is 6.08 Å². The molecule has 0 saturated carbocycles. The molecule has 0 fully saturated rings. The van der Waals surface area contributed by atoms with E-state index >= 15 is 0 Å². The molecule has 20 heavy (non-hydrogen) atoms. The summed E-state index contributed by atoms with van der Waals surface area (Å²) in [5.41, 5.74) is 0.274. The third kappa shape index (κ3) is 3.55. The molecule has 1 aromatic carbocycles. The molecule has 0 spiro atoms. The normalized spacial score (nSPS) is 11.2. The molecule has 0 bridgehead atoms. The summed E-state index contributed by atoms with van der Waals surface area (Å²) in [7, 11) is 0. The van der Waals surface area contributed by atoms with Crippen LogP contribution < -0.4 is 4.74 Å². The maximum absolute atomic E-state index is 12.7. The highest BCUT2D eigenvalue weighted by atomic mass is 19.1. The zero-order valence-electron chi connectivity index (χ0n) is 10.2. The van der Waals surface area contributed by atoms with Gasteiger partial charge in [-0.3, -0.25) is 4.98 Å². The average Bonchev–Trinajstić information content (AvgIpc) is 2.43. The van der Waals surface area contributed by atoms with Crippen molar-refractivity contribution >= 4 is 12.0 Å². The van der Waals surface area contributed by atoms with Crippen LogP contribution in [0.1, 0.15) is 5.69 Å². The molecule has 2 aromatic rings. The van der Waals surface area contributed by atoms with Gasteiger partial charge in [0.25, 0.3) is 0 Å². The third-order valence-corrected chi connectivity index (χ3v) is 2.31. The molecule has 6 heteroatoms. The Morgan fingerprint density at radius 2 is 1.75 bits per heavy atom. The van der Waals surface area contributed by atoms with Crippen LogP contribution in [0.15, 0.2) is 48.4 Å². The molecule has 0 aliphatic carbocycles. The van der Waals surface area contributed by atoms with E-state index < -0.39 is 11.7 Å². The Labute approximate surface area is 113 Å². The number of benzene rings is 1. The lowest BCUT2D eigenvalue weighted by molar-refractivity contribution is -0.135. The molecule has 0 aliphatic heterocycles. The SMILES string of the molecule is O=C(O)/C(O)=C/c1ccc(Oc2ccc(F)cc2)cn1. The summed E-state index contributed by atoms with van der Waals surface area (Å²) < 4.78 is 18.1. The lowest BCUT2D eigenvalue weighted by atomic mass is 10.3. The van der Waals surface area contributed by atoms with Crippen LogP contribution in [0.5, 0.6) is 11.5 Å². The van der Waals surface area contributed by atoms with Crippen molar-refractivity contribution < 1.29 is 24.1 Å². The molecular formula is C14H10FNO4. The Hall–Kier alpha value is -2.89. The van der Waals surface area contributed by atoms with Crippen LogP contribution >= 0.6 is 0 Å². The first kappa shape index (κ1) is 13.5. The van der Waals surface area contributed by atoms with Gasteiger partial charge in [0.1, 0.15) is 17.3 Å². The Morgan fingerprint density at radius 3 is 2.30 bits per heavy atom. The monoisotopic (exact) mass is 275 g/mol. The largest absolute Gasteiger partial charge is 0.502 e. The first-order valence-corrected chi connectivity index (χ1v) is 5.58. The van der Waals surface area contributed by atoms with Gasteiger partial charge in [-0.1, -0.05) is 0 Å². The van der Waals surface area contributed by atoms with Gasteiger partial charge in [-0.05, 0) is 36.4 Å². The zero-order valence-corrected chi connectivity index (χ0v) is 10.2. The van der Waals surface area contributed by atoms with Gasteiger partial charge in [0.05, 0.1) is 11.9 Å². The number of rotatable bonds is 4. The van der Waals surface area contributed by atoms with Crippen LogP contribution in [0.3, 0.4) is 0 Å². The summed E-state index contributed by atoms with van der Waals surface area (Å²) in [4.78, 5) is 14.4. The van der Waals surface area contributed by atoms with Gasteiger partial charge in [0.15, 0.2) is 0 Å². The third-order valence-electron chi connectivity index (χ3n) is 2.31. The standard InChI is InChI=1S/C14H10FNO4/c15-9-1-4-11(5-2-9)20-12-6-3-10(16-8-12)7-13(17)14(18)19/h1-8,17H,(H,18,19)/b13-7-.